The Balaban J connectivity index is 1.45. The summed E-state index contributed by atoms with van der Waals surface area (Å²) in [6, 6.07) is 4.66. The van der Waals surface area contributed by atoms with Crippen LogP contribution in [0.1, 0.15) is 55.5 Å². The van der Waals surface area contributed by atoms with E-state index in [1.165, 1.54) is 12.8 Å². The molecule has 3 aliphatic rings. The monoisotopic (exact) mass is 343 g/mol. The molecule has 2 heterocycles. The summed E-state index contributed by atoms with van der Waals surface area (Å²) in [5, 5.41) is 9.18. The first-order valence-electron chi connectivity index (χ1n) is 9.63. The molecule has 0 radical (unpaired) electrons. The Morgan fingerprint density at radius 2 is 2.20 bits per heavy atom. The molecular formula is C20H29N3O2. The first-order chi connectivity index (χ1) is 12.1. The van der Waals surface area contributed by atoms with Gasteiger partial charge in [0.25, 0.3) is 0 Å². The SMILES string of the molecule is CO[C@@]12CC[C@@H](OCC3CC3)C[C@@H]1N(Cc1cc(C#N)c(C)[nH]1)CC2. The Morgan fingerprint density at radius 3 is 2.88 bits per heavy atom. The van der Waals surface area contributed by atoms with E-state index in [9.17, 15) is 5.26 Å². The molecule has 1 aliphatic heterocycles. The van der Waals surface area contributed by atoms with Crippen LogP contribution < -0.4 is 0 Å². The lowest BCUT2D eigenvalue weighted by Crippen LogP contribution is -2.51. The summed E-state index contributed by atoms with van der Waals surface area (Å²) < 4.78 is 12.3. The molecule has 25 heavy (non-hydrogen) atoms. The molecule has 0 aromatic carbocycles. The fraction of sp³-hybridized carbons (Fsp3) is 0.750. The van der Waals surface area contributed by atoms with Crippen molar-refractivity contribution < 1.29 is 9.47 Å². The number of nitrogens with zero attached hydrogens (tertiary/aromatic N) is 2. The van der Waals surface area contributed by atoms with Crippen LogP contribution in [-0.2, 0) is 16.0 Å². The molecule has 3 atom stereocenters. The number of nitrogens with one attached hydrogen (secondary N) is 1. The van der Waals surface area contributed by atoms with Crippen molar-refractivity contribution in [2.45, 2.75) is 69.7 Å². The number of ether oxygens (including phenoxy) is 2. The van der Waals surface area contributed by atoms with Crippen LogP contribution >= 0.6 is 0 Å². The number of methoxy groups -OCH3 is 1. The molecule has 5 heteroatoms. The van der Waals surface area contributed by atoms with Gasteiger partial charge in [-0.15, -0.1) is 0 Å². The summed E-state index contributed by atoms with van der Waals surface area (Å²) in [5.41, 5.74) is 2.83. The van der Waals surface area contributed by atoms with Crippen molar-refractivity contribution in [1.29, 1.82) is 5.26 Å². The van der Waals surface area contributed by atoms with Crippen molar-refractivity contribution in [3.05, 3.63) is 23.0 Å². The first-order valence-corrected chi connectivity index (χ1v) is 9.63. The van der Waals surface area contributed by atoms with E-state index in [0.29, 0.717) is 12.1 Å². The third-order valence-corrected chi connectivity index (χ3v) is 6.48. The van der Waals surface area contributed by atoms with Gasteiger partial charge in [0.05, 0.1) is 17.3 Å². The van der Waals surface area contributed by atoms with Crippen LogP contribution in [0.15, 0.2) is 6.07 Å². The molecule has 0 amide bonds. The molecule has 1 saturated heterocycles. The average molecular weight is 343 g/mol. The maximum Gasteiger partial charge on any atom is 0.101 e. The second-order valence-corrected chi connectivity index (χ2v) is 8.12. The molecule has 4 rings (SSSR count). The Morgan fingerprint density at radius 1 is 1.36 bits per heavy atom. The molecule has 136 valence electrons. The minimum atomic E-state index is -0.0147. The fourth-order valence-electron chi connectivity index (χ4n) is 4.70. The van der Waals surface area contributed by atoms with Gasteiger partial charge in [0.1, 0.15) is 6.07 Å². The lowest BCUT2D eigenvalue weighted by molar-refractivity contribution is -0.103. The summed E-state index contributed by atoms with van der Waals surface area (Å²) in [7, 11) is 1.87. The van der Waals surface area contributed by atoms with E-state index >= 15 is 0 Å². The summed E-state index contributed by atoms with van der Waals surface area (Å²) in [4.78, 5) is 5.90. The second-order valence-electron chi connectivity index (χ2n) is 8.12. The van der Waals surface area contributed by atoms with Crippen molar-refractivity contribution in [3.8, 4) is 6.07 Å². The van der Waals surface area contributed by atoms with Gasteiger partial charge in [-0.2, -0.15) is 5.26 Å². The lowest BCUT2D eigenvalue weighted by atomic mass is 9.79. The van der Waals surface area contributed by atoms with E-state index in [2.05, 4.69) is 16.0 Å². The molecule has 0 unspecified atom stereocenters. The number of likely N-dealkylation sites (tertiary alicyclic amines) is 1. The van der Waals surface area contributed by atoms with E-state index in [4.69, 9.17) is 9.47 Å². The van der Waals surface area contributed by atoms with Gasteiger partial charge in [0, 0.05) is 44.2 Å². The van der Waals surface area contributed by atoms with Gasteiger partial charge in [-0.3, -0.25) is 4.90 Å². The number of rotatable bonds is 6. The highest BCUT2D eigenvalue weighted by Gasteiger charge is 2.51. The third kappa shape index (κ3) is 3.36. The minimum Gasteiger partial charge on any atom is -0.378 e. The van der Waals surface area contributed by atoms with Gasteiger partial charge in [-0.1, -0.05) is 0 Å². The Bertz CT molecular complexity index is 660. The molecule has 2 aliphatic carbocycles. The van der Waals surface area contributed by atoms with Gasteiger partial charge < -0.3 is 14.5 Å². The minimum absolute atomic E-state index is 0.0147. The van der Waals surface area contributed by atoms with Crippen LogP contribution in [0.2, 0.25) is 0 Å². The number of nitriles is 1. The fourth-order valence-corrected chi connectivity index (χ4v) is 4.70. The molecule has 0 bridgehead atoms. The highest BCUT2D eigenvalue weighted by molar-refractivity contribution is 5.36. The number of hydrogen-bond acceptors (Lipinski definition) is 4. The van der Waals surface area contributed by atoms with Crippen LogP contribution in [-0.4, -0.2) is 47.9 Å². The molecule has 5 nitrogen and oxygen atoms in total. The Kier molecular flexibility index (Phi) is 4.61. The highest BCUT2D eigenvalue weighted by Crippen LogP contribution is 2.44. The van der Waals surface area contributed by atoms with E-state index in [0.717, 1.165) is 68.2 Å². The number of hydrogen-bond donors (Lipinski definition) is 1. The van der Waals surface area contributed by atoms with Crippen molar-refractivity contribution in [3.63, 3.8) is 0 Å². The third-order valence-electron chi connectivity index (χ3n) is 6.48. The lowest BCUT2D eigenvalue weighted by Gasteiger charge is -2.43. The molecule has 2 saturated carbocycles. The topological polar surface area (TPSA) is 61.3 Å². The molecule has 1 aromatic rings. The highest BCUT2D eigenvalue weighted by atomic mass is 16.5. The van der Waals surface area contributed by atoms with Crippen LogP contribution in [0.4, 0.5) is 0 Å². The number of aryl methyl sites for hydroxylation is 1. The van der Waals surface area contributed by atoms with Gasteiger partial charge in [-0.25, -0.2) is 0 Å². The van der Waals surface area contributed by atoms with Crippen molar-refractivity contribution in [2.75, 3.05) is 20.3 Å². The average Bonchev–Trinajstić information content (AvgIpc) is 3.30. The molecule has 3 fully saturated rings. The quantitative estimate of drug-likeness (QED) is 0.862. The number of fused-ring (bicyclic) bond motifs is 1. The van der Waals surface area contributed by atoms with Crippen LogP contribution in [0.5, 0.6) is 0 Å². The number of aromatic amines is 1. The Hall–Kier alpha value is -1.35. The van der Waals surface area contributed by atoms with Crippen LogP contribution in [0.3, 0.4) is 0 Å². The summed E-state index contributed by atoms with van der Waals surface area (Å²) in [6.45, 7) is 4.81. The first kappa shape index (κ1) is 17.1. The van der Waals surface area contributed by atoms with Crippen LogP contribution in [0.25, 0.3) is 0 Å². The maximum absolute atomic E-state index is 9.18. The van der Waals surface area contributed by atoms with Crippen molar-refractivity contribution in [1.82, 2.24) is 9.88 Å². The number of aromatic nitrogens is 1. The molecule has 0 spiro atoms. The summed E-state index contributed by atoms with van der Waals surface area (Å²) in [6.07, 6.45) is 7.42. The predicted molar refractivity (Wildman–Crippen MR) is 95.1 cm³/mol. The van der Waals surface area contributed by atoms with E-state index in [-0.39, 0.29) is 5.60 Å². The normalized spacial score (nSPS) is 32.5. The smallest absolute Gasteiger partial charge is 0.101 e. The molecule has 1 aromatic heterocycles. The van der Waals surface area contributed by atoms with Crippen LogP contribution in [0, 0.1) is 24.2 Å². The van der Waals surface area contributed by atoms with Crippen molar-refractivity contribution >= 4 is 0 Å². The summed E-state index contributed by atoms with van der Waals surface area (Å²) in [5.74, 6) is 0.820. The molecule has 1 N–H and O–H groups in total. The second kappa shape index (κ2) is 6.75. The zero-order valence-electron chi connectivity index (χ0n) is 15.4. The van der Waals surface area contributed by atoms with Crippen molar-refractivity contribution in [2.24, 2.45) is 5.92 Å². The zero-order chi connectivity index (χ0) is 17.4. The Labute approximate surface area is 150 Å². The largest absolute Gasteiger partial charge is 0.378 e. The van der Waals surface area contributed by atoms with Gasteiger partial charge >= 0.3 is 0 Å². The van der Waals surface area contributed by atoms with Gasteiger partial charge in [-0.05, 0) is 57.4 Å². The standard InChI is InChI=1S/C20H29N3O2/c1-14-16(11-21)9-17(22-14)12-23-8-7-20(24-2)6-5-18(10-19(20)23)25-13-15-3-4-15/h9,15,18-19,22H,3-8,10,12-13H2,1-2H3/t18-,19+,20-/m1/s1. The van der Waals surface area contributed by atoms with E-state index in [1.807, 2.05) is 20.1 Å². The van der Waals surface area contributed by atoms with Gasteiger partial charge in [0.15, 0.2) is 0 Å². The molecular weight excluding hydrogens is 314 g/mol. The predicted octanol–water partition coefficient (Wildman–Crippen LogP) is 3.13. The van der Waals surface area contributed by atoms with Gasteiger partial charge in [0.2, 0.25) is 0 Å². The number of H-pyrrole nitrogens is 1. The van der Waals surface area contributed by atoms with E-state index in [1.54, 1.807) is 0 Å². The maximum atomic E-state index is 9.18. The van der Waals surface area contributed by atoms with E-state index < -0.39 is 0 Å². The zero-order valence-corrected chi connectivity index (χ0v) is 15.4. The summed E-state index contributed by atoms with van der Waals surface area (Å²) >= 11 is 0.